The summed E-state index contributed by atoms with van der Waals surface area (Å²) >= 11 is 5.91. The number of carbonyl (C=O) groups is 1. The predicted octanol–water partition coefficient (Wildman–Crippen LogP) is 3.66. The van der Waals surface area contributed by atoms with Gasteiger partial charge in [0.1, 0.15) is 0 Å². The number of imidazole rings is 1. The number of nitrogens with one attached hydrogen (secondary N) is 1. The van der Waals surface area contributed by atoms with Gasteiger partial charge < -0.3 is 9.72 Å². The van der Waals surface area contributed by atoms with E-state index in [0.29, 0.717) is 22.0 Å². The first-order valence-corrected chi connectivity index (χ1v) is 7.83. The number of rotatable bonds is 4. The van der Waals surface area contributed by atoms with Gasteiger partial charge in [0.05, 0.1) is 18.0 Å². The largest absolute Gasteiger partial charge is 0.461 e. The minimum absolute atomic E-state index is 0.162. The van der Waals surface area contributed by atoms with Gasteiger partial charge in [0.25, 0.3) is 0 Å². The Balaban J connectivity index is 2.25. The van der Waals surface area contributed by atoms with Crippen LogP contribution in [0, 0.1) is 0 Å². The molecule has 0 aliphatic rings. The molecule has 0 amide bonds. The number of halogens is 1. The lowest BCUT2D eigenvalue weighted by molar-refractivity contribution is 0.0517. The third kappa shape index (κ3) is 2.98. The van der Waals surface area contributed by atoms with Crippen molar-refractivity contribution in [2.75, 3.05) is 6.61 Å². The summed E-state index contributed by atoms with van der Waals surface area (Å²) in [6.07, 6.45) is 0. The molecule has 24 heavy (non-hydrogen) atoms. The number of aromatic nitrogens is 2. The molecule has 3 aromatic rings. The Kier molecular flexibility index (Phi) is 4.53. The second-order valence-electron chi connectivity index (χ2n) is 5.05. The lowest BCUT2D eigenvalue weighted by Gasteiger charge is -2.09. The van der Waals surface area contributed by atoms with Crippen molar-refractivity contribution in [2.24, 2.45) is 0 Å². The van der Waals surface area contributed by atoms with Crippen molar-refractivity contribution in [3.8, 4) is 16.9 Å². The summed E-state index contributed by atoms with van der Waals surface area (Å²) in [5, 5.41) is 0.571. The summed E-state index contributed by atoms with van der Waals surface area (Å²) in [4.78, 5) is 27.7. The van der Waals surface area contributed by atoms with E-state index in [0.717, 1.165) is 0 Å². The van der Waals surface area contributed by atoms with E-state index in [2.05, 4.69) is 4.98 Å². The first kappa shape index (κ1) is 16.1. The van der Waals surface area contributed by atoms with Crippen LogP contribution < -0.4 is 5.69 Å². The van der Waals surface area contributed by atoms with Crippen LogP contribution in [0.4, 0.5) is 0 Å². The van der Waals surface area contributed by atoms with E-state index in [1.165, 1.54) is 4.57 Å². The number of nitrogens with zero attached hydrogens (tertiary/aromatic N) is 1. The molecule has 0 fully saturated rings. The van der Waals surface area contributed by atoms with Gasteiger partial charge in [-0.05, 0) is 31.2 Å². The summed E-state index contributed by atoms with van der Waals surface area (Å²) in [7, 11) is 0. The van der Waals surface area contributed by atoms with Crippen LogP contribution in [0.1, 0.15) is 17.4 Å². The molecule has 0 saturated carbocycles. The maximum atomic E-state index is 12.5. The van der Waals surface area contributed by atoms with Crippen LogP contribution >= 0.6 is 11.6 Å². The van der Waals surface area contributed by atoms with E-state index in [1.54, 1.807) is 55.5 Å². The maximum Gasteiger partial charge on any atom is 0.357 e. The van der Waals surface area contributed by atoms with Gasteiger partial charge in [-0.1, -0.05) is 41.9 Å². The van der Waals surface area contributed by atoms with Crippen LogP contribution in [0.5, 0.6) is 0 Å². The summed E-state index contributed by atoms with van der Waals surface area (Å²) < 4.78 is 6.47. The quantitative estimate of drug-likeness (QED) is 0.736. The Bertz CT molecular complexity index is 912. The average Bonchev–Trinajstić information content (AvgIpc) is 2.94. The molecule has 0 aliphatic carbocycles. The van der Waals surface area contributed by atoms with Crippen molar-refractivity contribution in [2.45, 2.75) is 6.92 Å². The Morgan fingerprint density at radius 1 is 1.12 bits per heavy atom. The molecule has 3 rings (SSSR count). The van der Waals surface area contributed by atoms with Gasteiger partial charge >= 0.3 is 11.7 Å². The monoisotopic (exact) mass is 342 g/mol. The highest BCUT2D eigenvalue weighted by Gasteiger charge is 2.24. The van der Waals surface area contributed by atoms with Crippen molar-refractivity contribution in [1.29, 1.82) is 0 Å². The molecule has 0 atom stereocenters. The highest BCUT2D eigenvalue weighted by atomic mass is 35.5. The number of hydrogen-bond acceptors (Lipinski definition) is 3. The Labute approximate surface area is 143 Å². The molecule has 0 bridgehead atoms. The van der Waals surface area contributed by atoms with Gasteiger partial charge in [0.2, 0.25) is 0 Å². The summed E-state index contributed by atoms with van der Waals surface area (Å²) in [5.74, 6) is -0.565. The molecule has 0 spiro atoms. The summed E-state index contributed by atoms with van der Waals surface area (Å²) in [5.41, 5.74) is 1.42. The minimum Gasteiger partial charge on any atom is -0.461 e. The minimum atomic E-state index is -0.565. The first-order valence-electron chi connectivity index (χ1n) is 7.45. The average molecular weight is 343 g/mol. The molecule has 0 saturated heterocycles. The molecule has 0 radical (unpaired) electrons. The van der Waals surface area contributed by atoms with Crippen molar-refractivity contribution in [3.05, 3.63) is 75.8 Å². The third-order valence-electron chi connectivity index (χ3n) is 3.51. The van der Waals surface area contributed by atoms with Crippen LogP contribution in [0.15, 0.2) is 59.4 Å². The fraction of sp³-hybridized carbons (Fsp3) is 0.111. The lowest BCUT2D eigenvalue weighted by Crippen LogP contribution is -2.20. The summed E-state index contributed by atoms with van der Waals surface area (Å²) in [6.45, 7) is 1.94. The molecule has 0 aliphatic heterocycles. The fourth-order valence-electron chi connectivity index (χ4n) is 2.48. The van der Waals surface area contributed by atoms with Crippen molar-refractivity contribution < 1.29 is 9.53 Å². The lowest BCUT2D eigenvalue weighted by atomic mass is 10.1. The number of hydrogen-bond donors (Lipinski definition) is 1. The van der Waals surface area contributed by atoms with E-state index >= 15 is 0 Å². The molecule has 1 heterocycles. The normalized spacial score (nSPS) is 10.6. The molecule has 6 heteroatoms. The van der Waals surface area contributed by atoms with E-state index in [9.17, 15) is 9.59 Å². The van der Waals surface area contributed by atoms with Gasteiger partial charge in [0, 0.05) is 10.6 Å². The van der Waals surface area contributed by atoms with E-state index in [1.807, 2.05) is 6.07 Å². The molecule has 0 unspecified atom stereocenters. The van der Waals surface area contributed by atoms with Gasteiger partial charge in [0.15, 0.2) is 5.69 Å². The highest BCUT2D eigenvalue weighted by molar-refractivity contribution is 6.30. The molecular weight excluding hydrogens is 328 g/mol. The molecule has 1 N–H and O–H groups in total. The van der Waals surface area contributed by atoms with Crippen LogP contribution in [0.3, 0.4) is 0 Å². The van der Waals surface area contributed by atoms with Crippen LogP contribution in [0.25, 0.3) is 16.9 Å². The second kappa shape index (κ2) is 6.76. The number of aromatic amines is 1. The highest BCUT2D eigenvalue weighted by Crippen LogP contribution is 2.25. The maximum absolute atomic E-state index is 12.5. The molecule has 5 nitrogen and oxygen atoms in total. The number of ether oxygens (including phenoxy) is 1. The van der Waals surface area contributed by atoms with E-state index in [4.69, 9.17) is 16.3 Å². The second-order valence-corrected chi connectivity index (χ2v) is 5.49. The van der Waals surface area contributed by atoms with Crippen LogP contribution in [-0.2, 0) is 4.74 Å². The third-order valence-corrected chi connectivity index (χ3v) is 3.76. The SMILES string of the molecule is CCOC(=O)c1c(-c2ccc(Cl)cc2)[nH]c(=O)n1-c1ccccc1. The fourth-order valence-corrected chi connectivity index (χ4v) is 2.60. The zero-order valence-electron chi connectivity index (χ0n) is 13.0. The zero-order chi connectivity index (χ0) is 17.1. The van der Waals surface area contributed by atoms with Gasteiger partial charge in [-0.25, -0.2) is 9.59 Å². The number of H-pyrrole nitrogens is 1. The Hall–Kier alpha value is -2.79. The molecule has 122 valence electrons. The van der Waals surface area contributed by atoms with Gasteiger partial charge in [-0.3, -0.25) is 4.57 Å². The zero-order valence-corrected chi connectivity index (χ0v) is 13.7. The van der Waals surface area contributed by atoms with E-state index in [-0.39, 0.29) is 12.3 Å². The number of benzene rings is 2. The van der Waals surface area contributed by atoms with Crippen molar-refractivity contribution in [1.82, 2.24) is 9.55 Å². The van der Waals surface area contributed by atoms with Crippen molar-refractivity contribution >= 4 is 17.6 Å². The standard InChI is InChI=1S/C18H15ClN2O3/c1-2-24-17(22)16-15(12-8-10-13(19)11-9-12)20-18(23)21(16)14-6-4-3-5-7-14/h3-11H,2H2,1H3,(H,20,23). The van der Waals surface area contributed by atoms with Crippen LogP contribution in [0.2, 0.25) is 5.02 Å². The van der Waals surface area contributed by atoms with Gasteiger partial charge in [-0.15, -0.1) is 0 Å². The Morgan fingerprint density at radius 2 is 1.79 bits per heavy atom. The summed E-state index contributed by atoms with van der Waals surface area (Å²) in [6, 6.07) is 15.8. The van der Waals surface area contributed by atoms with Crippen molar-refractivity contribution in [3.63, 3.8) is 0 Å². The number of para-hydroxylation sites is 1. The molecule has 1 aromatic heterocycles. The predicted molar refractivity (Wildman–Crippen MR) is 92.8 cm³/mol. The van der Waals surface area contributed by atoms with Crippen LogP contribution in [-0.4, -0.2) is 22.1 Å². The smallest absolute Gasteiger partial charge is 0.357 e. The molecule has 2 aromatic carbocycles. The topological polar surface area (TPSA) is 64.1 Å². The number of esters is 1. The first-order chi connectivity index (χ1) is 11.6. The number of carbonyl (C=O) groups excluding carboxylic acids is 1. The van der Waals surface area contributed by atoms with Gasteiger partial charge in [-0.2, -0.15) is 0 Å². The Morgan fingerprint density at radius 3 is 2.42 bits per heavy atom. The van der Waals surface area contributed by atoms with E-state index < -0.39 is 11.7 Å². The molecular formula is C18H15ClN2O3.